The number of carbonyl (C=O) groups is 1. The van der Waals surface area contributed by atoms with Gasteiger partial charge in [-0.15, -0.1) is 10.2 Å². The van der Waals surface area contributed by atoms with Gasteiger partial charge in [-0.25, -0.2) is 0 Å². The third-order valence-corrected chi connectivity index (χ3v) is 3.30. The van der Waals surface area contributed by atoms with Gasteiger partial charge in [0.2, 0.25) is 11.8 Å². The molecule has 1 aromatic rings. The van der Waals surface area contributed by atoms with Gasteiger partial charge < -0.3 is 19.3 Å². The van der Waals surface area contributed by atoms with Gasteiger partial charge in [-0.2, -0.15) is 0 Å². The van der Waals surface area contributed by atoms with Gasteiger partial charge in [-0.1, -0.05) is 0 Å². The van der Waals surface area contributed by atoms with E-state index in [1.807, 2.05) is 30.9 Å². The maximum absolute atomic E-state index is 11.9. The first-order chi connectivity index (χ1) is 10.2. The summed E-state index contributed by atoms with van der Waals surface area (Å²) in [4.78, 5) is 15.8. The van der Waals surface area contributed by atoms with Crippen molar-refractivity contribution in [2.24, 2.45) is 0 Å². The molecule has 21 heavy (non-hydrogen) atoms. The lowest BCUT2D eigenvalue weighted by atomic mass is 10.3. The lowest BCUT2D eigenvalue weighted by molar-refractivity contribution is -0.136. The van der Waals surface area contributed by atoms with Crippen LogP contribution >= 0.6 is 0 Å². The van der Waals surface area contributed by atoms with Gasteiger partial charge >= 0.3 is 0 Å². The van der Waals surface area contributed by atoms with Gasteiger partial charge in [0.25, 0.3) is 0 Å². The van der Waals surface area contributed by atoms with Crippen LogP contribution in [0.15, 0.2) is 12.1 Å². The van der Waals surface area contributed by atoms with Crippen LogP contribution in [-0.4, -0.2) is 67.0 Å². The number of aromatic nitrogens is 2. The summed E-state index contributed by atoms with van der Waals surface area (Å²) >= 11 is 0. The average molecular weight is 294 g/mol. The molecule has 0 aliphatic carbocycles. The Bertz CT molecular complexity index is 444. The Kier molecular flexibility index (Phi) is 5.74. The number of ether oxygens (including phenoxy) is 2. The monoisotopic (exact) mass is 294 g/mol. The number of rotatable bonds is 6. The van der Waals surface area contributed by atoms with E-state index in [1.54, 1.807) is 0 Å². The zero-order valence-electron chi connectivity index (χ0n) is 12.6. The van der Waals surface area contributed by atoms with E-state index >= 15 is 0 Å². The lowest BCUT2D eigenvalue weighted by Gasteiger charge is -2.35. The highest BCUT2D eigenvalue weighted by molar-refractivity contribution is 5.77. The van der Waals surface area contributed by atoms with Gasteiger partial charge in [0.05, 0.1) is 6.61 Å². The van der Waals surface area contributed by atoms with E-state index in [-0.39, 0.29) is 12.5 Å². The highest BCUT2D eigenvalue weighted by atomic mass is 16.5. The van der Waals surface area contributed by atoms with Crippen molar-refractivity contribution in [2.75, 3.05) is 50.9 Å². The Hall–Kier alpha value is -1.89. The number of piperazine rings is 1. The van der Waals surface area contributed by atoms with Crippen molar-refractivity contribution in [1.82, 2.24) is 15.1 Å². The molecule has 1 saturated heterocycles. The van der Waals surface area contributed by atoms with Crippen LogP contribution < -0.4 is 9.64 Å². The second-order valence-corrected chi connectivity index (χ2v) is 4.67. The van der Waals surface area contributed by atoms with E-state index < -0.39 is 0 Å². The predicted octanol–water partition coefficient (Wildman–Crippen LogP) is 0.560. The molecule has 1 fully saturated rings. The molecule has 1 aliphatic heterocycles. The fourth-order valence-electron chi connectivity index (χ4n) is 2.17. The summed E-state index contributed by atoms with van der Waals surface area (Å²) in [6, 6.07) is 3.72. The minimum absolute atomic E-state index is 0.0503. The Balaban J connectivity index is 1.84. The van der Waals surface area contributed by atoms with E-state index in [0.29, 0.717) is 32.2 Å². The Morgan fingerprint density at radius 3 is 2.48 bits per heavy atom. The summed E-state index contributed by atoms with van der Waals surface area (Å²) in [7, 11) is 0. The van der Waals surface area contributed by atoms with E-state index in [4.69, 9.17) is 9.47 Å². The van der Waals surface area contributed by atoms with E-state index in [0.717, 1.165) is 18.9 Å². The maximum Gasteiger partial charge on any atom is 0.248 e. The number of amides is 1. The second kappa shape index (κ2) is 7.78. The molecular weight excluding hydrogens is 272 g/mol. The van der Waals surface area contributed by atoms with Crippen molar-refractivity contribution >= 4 is 11.7 Å². The smallest absolute Gasteiger partial charge is 0.248 e. The lowest BCUT2D eigenvalue weighted by Crippen LogP contribution is -2.50. The summed E-state index contributed by atoms with van der Waals surface area (Å²) in [5.41, 5.74) is 0. The van der Waals surface area contributed by atoms with Crippen LogP contribution in [0.5, 0.6) is 5.88 Å². The van der Waals surface area contributed by atoms with Gasteiger partial charge in [-0.05, 0) is 19.9 Å². The molecule has 2 rings (SSSR count). The fourth-order valence-corrected chi connectivity index (χ4v) is 2.17. The van der Waals surface area contributed by atoms with Gasteiger partial charge in [-0.3, -0.25) is 4.79 Å². The number of nitrogens with zero attached hydrogens (tertiary/aromatic N) is 4. The van der Waals surface area contributed by atoms with Crippen molar-refractivity contribution in [3.05, 3.63) is 12.1 Å². The average Bonchev–Trinajstić information content (AvgIpc) is 2.54. The summed E-state index contributed by atoms with van der Waals surface area (Å²) in [5, 5.41) is 8.19. The third-order valence-electron chi connectivity index (χ3n) is 3.30. The predicted molar refractivity (Wildman–Crippen MR) is 78.5 cm³/mol. The molecule has 116 valence electrons. The zero-order chi connectivity index (χ0) is 15.1. The van der Waals surface area contributed by atoms with Gasteiger partial charge in [0.1, 0.15) is 6.61 Å². The van der Waals surface area contributed by atoms with Crippen molar-refractivity contribution in [3.8, 4) is 5.88 Å². The first-order valence-electron chi connectivity index (χ1n) is 7.31. The Morgan fingerprint density at radius 1 is 1.14 bits per heavy atom. The largest absolute Gasteiger partial charge is 0.477 e. The van der Waals surface area contributed by atoms with Crippen LogP contribution in [0, 0.1) is 0 Å². The van der Waals surface area contributed by atoms with Crippen molar-refractivity contribution in [2.45, 2.75) is 13.8 Å². The molecule has 0 N–H and O–H groups in total. The first kappa shape index (κ1) is 15.5. The normalized spacial score (nSPS) is 15.1. The molecule has 7 heteroatoms. The van der Waals surface area contributed by atoms with Crippen LogP contribution in [0.4, 0.5) is 5.82 Å². The Morgan fingerprint density at radius 2 is 1.90 bits per heavy atom. The molecule has 1 aliphatic rings. The SMILES string of the molecule is CCOCC(=O)N1CCN(c2ccc(OCC)nn2)CC1. The minimum Gasteiger partial charge on any atom is -0.477 e. The summed E-state index contributed by atoms with van der Waals surface area (Å²) < 4.78 is 10.4. The molecule has 0 bridgehead atoms. The number of carbonyl (C=O) groups excluding carboxylic acids is 1. The number of anilines is 1. The first-order valence-corrected chi connectivity index (χ1v) is 7.31. The van der Waals surface area contributed by atoms with Crippen LogP contribution in [0.1, 0.15) is 13.8 Å². The van der Waals surface area contributed by atoms with Crippen molar-refractivity contribution in [1.29, 1.82) is 0 Å². The highest BCUT2D eigenvalue weighted by Gasteiger charge is 2.21. The molecular formula is C14H22N4O3. The van der Waals surface area contributed by atoms with Gasteiger partial charge in [0, 0.05) is 38.9 Å². The maximum atomic E-state index is 11.9. The van der Waals surface area contributed by atoms with Crippen LogP contribution in [0.25, 0.3) is 0 Å². The summed E-state index contributed by atoms with van der Waals surface area (Å²) in [5.74, 6) is 1.40. The summed E-state index contributed by atoms with van der Waals surface area (Å²) in [6.07, 6.45) is 0. The van der Waals surface area contributed by atoms with Crippen molar-refractivity contribution < 1.29 is 14.3 Å². The van der Waals surface area contributed by atoms with E-state index in [1.165, 1.54) is 0 Å². The molecule has 2 heterocycles. The number of hydrogen-bond acceptors (Lipinski definition) is 6. The molecule has 7 nitrogen and oxygen atoms in total. The molecule has 1 aromatic heterocycles. The molecule has 0 saturated carbocycles. The van der Waals surface area contributed by atoms with Crippen LogP contribution in [0.3, 0.4) is 0 Å². The molecule has 0 unspecified atom stereocenters. The third kappa shape index (κ3) is 4.29. The number of hydrogen-bond donors (Lipinski definition) is 0. The highest BCUT2D eigenvalue weighted by Crippen LogP contribution is 2.15. The second-order valence-electron chi connectivity index (χ2n) is 4.67. The standard InChI is InChI=1S/C14H22N4O3/c1-3-20-11-14(19)18-9-7-17(8-10-18)12-5-6-13(16-15-12)21-4-2/h5-6H,3-4,7-11H2,1-2H3. The van der Waals surface area contributed by atoms with E-state index in [9.17, 15) is 4.79 Å². The molecule has 0 spiro atoms. The summed E-state index contributed by atoms with van der Waals surface area (Å²) in [6.45, 7) is 7.97. The topological polar surface area (TPSA) is 67.8 Å². The molecule has 0 aromatic carbocycles. The quantitative estimate of drug-likeness (QED) is 0.764. The zero-order valence-corrected chi connectivity index (χ0v) is 12.6. The fraction of sp³-hybridized carbons (Fsp3) is 0.643. The van der Waals surface area contributed by atoms with Crippen LogP contribution in [0.2, 0.25) is 0 Å². The minimum atomic E-state index is 0.0503. The van der Waals surface area contributed by atoms with Gasteiger partial charge in [0.15, 0.2) is 5.82 Å². The van der Waals surface area contributed by atoms with Crippen LogP contribution in [-0.2, 0) is 9.53 Å². The molecule has 1 amide bonds. The molecule has 0 atom stereocenters. The molecule has 0 radical (unpaired) electrons. The Labute approximate surface area is 124 Å². The van der Waals surface area contributed by atoms with E-state index in [2.05, 4.69) is 15.1 Å². The van der Waals surface area contributed by atoms with Crippen molar-refractivity contribution in [3.63, 3.8) is 0 Å².